The summed E-state index contributed by atoms with van der Waals surface area (Å²) in [6.45, 7) is 0.345. The van der Waals surface area contributed by atoms with Gasteiger partial charge in [-0.2, -0.15) is 0 Å². The van der Waals surface area contributed by atoms with Crippen LogP contribution in [0.4, 0.5) is 5.69 Å². The number of carboxylic acid groups (broad SMARTS) is 1. The lowest BCUT2D eigenvalue weighted by molar-refractivity contribution is -0.111. The summed E-state index contributed by atoms with van der Waals surface area (Å²) < 4.78 is 4.85. The maximum atomic E-state index is 11.9. The molecule has 0 saturated carbocycles. The highest BCUT2D eigenvalue weighted by atomic mass is 16.5. The molecule has 26 heavy (non-hydrogen) atoms. The monoisotopic (exact) mass is 352 g/mol. The number of methoxy groups -OCH3 is 1. The Kier molecular flexibility index (Phi) is 5.04. The number of hydrogen-bond donors (Lipinski definition) is 3. The van der Waals surface area contributed by atoms with E-state index in [1.165, 1.54) is 18.6 Å². The van der Waals surface area contributed by atoms with E-state index in [9.17, 15) is 14.7 Å². The second-order valence-electron chi connectivity index (χ2n) is 5.38. The molecule has 0 radical (unpaired) electrons. The number of fused-ring (bicyclic) bond motifs is 1. The molecule has 3 rings (SSSR count). The van der Waals surface area contributed by atoms with Gasteiger partial charge in [0.05, 0.1) is 23.3 Å². The summed E-state index contributed by atoms with van der Waals surface area (Å²) in [7, 11) is 1.54. The van der Waals surface area contributed by atoms with Gasteiger partial charge in [-0.3, -0.25) is 4.79 Å². The van der Waals surface area contributed by atoms with Crippen molar-refractivity contribution >= 4 is 28.6 Å². The van der Waals surface area contributed by atoms with Gasteiger partial charge in [0, 0.05) is 30.6 Å². The summed E-state index contributed by atoms with van der Waals surface area (Å²) in [4.78, 5) is 34.5. The number of aromatic carboxylic acids is 1. The lowest BCUT2D eigenvalue weighted by Gasteiger charge is -2.07. The molecule has 0 spiro atoms. The first kappa shape index (κ1) is 17.3. The van der Waals surface area contributed by atoms with Crippen molar-refractivity contribution in [3.05, 3.63) is 54.5 Å². The van der Waals surface area contributed by atoms with Crippen LogP contribution in [0.1, 0.15) is 10.4 Å². The molecule has 0 aliphatic carbocycles. The van der Waals surface area contributed by atoms with Crippen LogP contribution in [0.2, 0.25) is 0 Å². The predicted octanol–water partition coefficient (Wildman–Crippen LogP) is 2.46. The van der Waals surface area contributed by atoms with Crippen molar-refractivity contribution in [2.75, 3.05) is 19.0 Å². The molecular formula is C18H16N4O4. The fourth-order valence-corrected chi connectivity index (χ4v) is 2.53. The highest BCUT2D eigenvalue weighted by Gasteiger charge is 2.17. The fourth-order valence-electron chi connectivity index (χ4n) is 2.53. The van der Waals surface area contributed by atoms with Gasteiger partial charge in [0.1, 0.15) is 12.0 Å². The third kappa shape index (κ3) is 3.60. The number of H-pyrrole nitrogens is 1. The van der Waals surface area contributed by atoms with Gasteiger partial charge in [0.25, 0.3) is 0 Å². The second-order valence-corrected chi connectivity index (χ2v) is 5.38. The van der Waals surface area contributed by atoms with Crippen LogP contribution in [0.3, 0.4) is 0 Å². The number of benzene rings is 1. The number of anilines is 1. The maximum absolute atomic E-state index is 11.9. The van der Waals surface area contributed by atoms with E-state index in [0.717, 1.165) is 0 Å². The topological polar surface area (TPSA) is 117 Å². The van der Waals surface area contributed by atoms with Crippen molar-refractivity contribution in [1.82, 2.24) is 15.0 Å². The average Bonchev–Trinajstić information content (AvgIpc) is 3.06. The summed E-state index contributed by atoms with van der Waals surface area (Å²) in [6, 6.07) is 7.00. The van der Waals surface area contributed by atoms with Crippen LogP contribution < -0.4 is 5.32 Å². The number of nitrogens with one attached hydrogen (secondary N) is 2. The van der Waals surface area contributed by atoms with E-state index in [1.807, 2.05) is 0 Å². The van der Waals surface area contributed by atoms with E-state index in [0.29, 0.717) is 34.6 Å². The number of aromatic nitrogens is 3. The first-order valence-corrected chi connectivity index (χ1v) is 7.72. The number of carboxylic acids is 1. The Labute approximate surface area is 148 Å². The van der Waals surface area contributed by atoms with E-state index >= 15 is 0 Å². The van der Waals surface area contributed by atoms with Crippen LogP contribution in [0, 0.1) is 0 Å². The predicted molar refractivity (Wildman–Crippen MR) is 95.9 cm³/mol. The van der Waals surface area contributed by atoms with Crippen LogP contribution >= 0.6 is 0 Å². The van der Waals surface area contributed by atoms with E-state index < -0.39 is 5.97 Å². The van der Waals surface area contributed by atoms with Gasteiger partial charge in [-0.25, -0.2) is 14.8 Å². The minimum absolute atomic E-state index is 0.0903. The van der Waals surface area contributed by atoms with Crippen molar-refractivity contribution in [1.29, 1.82) is 0 Å². The number of amides is 1. The number of nitrogens with zero attached hydrogens (tertiary/aromatic N) is 2. The summed E-state index contributed by atoms with van der Waals surface area (Å²) in [6.07, 6.45) is 5.73. The third-order valence-corrected chi connectivity index (χ3v) is 3.64. The Morgan fingerprint density at radius 2 is 2.19 bits per heavy atom. The molecule has 0 bridgehead atoms. The lowest BCUT2D eigenvalue weighted by Crippen LogP contribution is -2.08. The Balaban J connectivity index is 1.96. The molecule has 8 heteroatoms. The Morgan fingerprint density at radius 1 is 1.35 bits per heavy atom. The fraction of sp³-hybridized carbons (Fsp3) is 0.111. The smallest absolute Gasteiger partial charge is 0.338 e. The highest BCUT2D eigenvalue weighted by Crippen LogP contribution is 2.29. The van der Waals surface area contributed by atoms with Crippen LogP contribution in [-0.2, 0) is 9.53 Å². The van der Waals surface area contributed by atoms with Crippen LogP contribution in [0.5, 0.6) is 0 Å². The van der Waals surface area contributed by atoms with Crippen molar-refractivity contribution in [3.8, 4) is 11.3 Å². The number of hydrogen-bond acceptors (Lipinski definition) is 5. The minimum Gasteiger partial charge on any atom is -0.478 e. The Bertz CT molecular complexity index is 994. The number of rotatable bonds is 6. The van der Waals surface area contributed by atoms with E-state index in [1.54, 1.807) is 37.5 Å². The summed E-state index contributed by atoms with van der Waals surface area (Å²) in [5.41, 5.74) is 2.23. The molecule has 8 nitrogen and oxygen atoms in total. The zero-order valence-electron chi connectivity index (χ0n) is 13.9. The summed E-state index contributed by atoms with van der Waals surface area (Å²) >= 11 is 0. The highest BCUT2D eigenvalue weighted by molar-refractivity contribution is 6.07. The standard InChI is InChI=1S/C18H16N4O4/c1-26-7-3-6-14(23)22-12-5-2-4-11(8-12)16-15-13(18(24)25)9-19-17(15)21-10-20-16/h2-6,8-10H,7H2,1H3,(H,22,23)(H,24,25)(H,19,20,21)/b6-3+. The number of carbonyl (C=O) groups excluding carboxylic acids is 1. The second kappa shape index (κ2) is 7.58. The molecule has 1 aromatic carbocycles. The number of ether oxygens (including phenoxy) is 1. The van der Waals surface area contributed by atoms with Gasteiger partial charge < -0.3 is 20.1 Å². The van der Waals surface area contributed by atoms with Gasteiger partial charge in [-0.15, -0.1) is 0 Å². The Hall–Kier alpha value is -3.52. The normalized spacial score (nSPS) is 11.1. The van der Waals surface area contributed by atoms with Gasteiger partial charge >= 0.3 is 5.97 Å². The van der Waals surface area contributed by atoms with E-state index in [2.05, 4.69) is 20.3 Å². The minimum atomic E-state index is -1.07. The van der Waals surface area contributed by atoms with Crippen molar-refractivity contribution in [2.24, 2.45) is 0 Å². The van der Waals surface area contributed by atoms with E-state index in [-0.39, 0.29) is 11.5 Å². The zero-order valence-corrected chi connectivity index (χ0v) is 13.9. The van der Waals surface area contributed by atoms with E-state index in [4.69, 9.17) is 4.74 Å². The molecule has 132 valence electrons. The molecule has 0 saturated heterocycles. The third-order valence-electron chi connectivity index (χ3n) is 3.64. The largest absolute Gasteiger partial charge is 0.478 e. The van der Waals surface area contributed by atoms with Crippen molar-refractivity contribution in [2.45, 2.75) is 0 Å². The van der Waals surface area contributed by atoms with Gasteiger partial charge in [-0.1, -0.05) is 18.2 Å². The lowest BCUT2D eigenvalue weighted by atomic mass is 10.1. The molecule has 2 heterocycles. The Morgan fingerprint density at radius 3 is 2.96 bits per heavy atom. The molecule has 3 aromatic rings. The van der Waals surface area contributed by atoms with Gasteiger partial charge in [0.15, 0.2) is 0 Å². The quantitative estimate of drug-likeness (QED) is 0.587. The zero-order chi connectivity index (χ0) is 18.5. The first-order chi connectivity index (χ1) is 12.6. The molecule has 0 atom stereocenters. The van der Waals surface area contributed by atoms with Gasteiger partial charge in [-0.05, 0) is 12.1 Å². The molecular weight excluding hydrogens is 336 g/mol. The molecule has 0 aliphatic rings. The molecule has 1 amide bonds. The summed E-state index contributed by atoms with van der Waals surface area (Å²) in [5, 5.41) is 12.5. The van der Waals surface area contributed by atoms with Gasteiger partial charge in [0.2, 0.25) is 5.91 Å². The van der Waals surface area contributed by atoms with Crippen LogP contribution in [-0.4, -0.2) is 45.7 Å². The molecule has 0 fully saturated rings. The summed E-state index contributed by atoms with van der Waals surface area (Å²) in [5.74, 6) is -1.36. The molecule has 2 aromatic heterocycles. The molecule has 3 N–H and O–H groups in total. The molecule has 0 aliphatic heterocycles. The van der Waals surface area contributed by atoms with Crippen LogP contribution in [0.25, 0.3) is 22.3 Å². The maximum Gasteiger partial charge on any atom is 0.338 e. The van der Waals surface area contributed by atoms with Crippen LogP contribution in [0.15, 0.2) is 48.9 Å². The average molecular weight is 352 g/mol. The SMILES string of the molecule is COC/C=C/C(=O)Nc1cccc(-c2ncnc3[nH]cc(C(=O)O)c23)c1. The molecule has 0 unspecified atom stereocenters. The van der Waals surface area contributed by atoms with Crippen molar-refractivity contribution < 1.29 is 19.4 Å². The van der Waals surface area contributed by atoms with Crippen molar-refractivity contribution in [3.63, 3.8) is 0 Å². The number of carbonyl (C=O) groups is 2. The first-order valence-electron chi connectivity index (χ1n) is 7.72. The number of aromatic amines is 1.